The van der Waals surface area contributed by atoms with Crippen molar-refractivity contribution in [2.45, 2.75) is 38.5 Å². The van der Waals surface area contributed by atoms with Crippen molar-refractivity contribution in [3.8, 4) is 0 Å². The number of aliphatic hydroxyl groups is 1. The van der Waals surface area contributed by atoms with Crippen LogP contribution in [0.1, 0.15) is 48.4 Å². The van der Waals surface area contributed by atoms with E-state index in [1.54, 1.807) is 6.92 Å². The molecular weight excluding hydrogens is 447 g/mol. The number of rotatable bonds is 4. The Labute approximate surface area is 173 Å². The van der Waals surface area contributed by atoms with Crippen LogP contribution in [0.3, 0.4) is 0 Å². The predicted molar refractivity (Wildman–Crippen MR) is 106 cm³/mol. The van der Waals surface area contributed by atoms with Crippen molar-refractivity contribution >= 4 is 32.5 Å². The molecule has 2 atom stereocenters. The molecule has 0 amide bonds. The van der Waals surface area contributed by atoms with E-state index >= 15 is 0 Å². The third-order valence-electron chi connectivity index (χ3n) is 5.18. The van der Waals surface area contributed by atoms with Crippen LogP contribution in [0.4, 0.5) is 10.1 Å². The maximum atomic E-state index is 14.7. The van der Waals surface area contributed by atoms with Crippen LogP contribution >= 0.6 is 15.9 Å². The number of hydrogen-bond donors (Lipinski definition) is 1. The zero-order valence-corrected chi connectivity index (χ0v) is 17.1. The van der Waals surface area contributed by atoms with E-state index in [-0.39, 0.29) is 23.1 Å². The van der Waals surface area contributed by atoms with Crippen LogP contribution in [0.25, 0.3) is 10.9 Å². The van der Waals surface area contributed by atoms with Gasteiger partial charge in [-0.3, -0.25) is 10.1 Å². The predicted octanol–water partition coefficient (Wildman–Crippen LogP) is 4.33. The van der Waals surface area contributed by atoms with Gasteiger partial charge < -0.3 is 9.84 Å². The fourth-order valence-electron chi connectivity index (χ4n) is 3.68. The molecule has 0 spiro atoms. The molecule has 8 nitrogen and oxygen atoms in total. The zero-order chi connectivity index (χ0) is 20.7. The Morgan fingerprint density at radius 1 is 1.41 bits per heavy atom. The van der Waals surface area contributed by atoms with Crippen molar-refractivity contribution in [1.29, 1.82) is 0 Å². The molecule has 1 N–H and O–H groups in total. The van der Waals surface area contributed by atoms with Gasteiger partial charge in [0.15, 0.2) is 11.9 Å². The van der Waals surface area contributed by atoms with Crippen molar-refractivity contribution in [2.24, 2.45) is 0 Å². The molecular formula is C19H18BrFN4O4. The van der Waals surface area contributed by atoms with Gasteiger partial charge in [0, 0.05) is 28.2 Å². The van der Waals surface area contributed by atoms with Gasteiger partial charge in [0.05, 0.1) is 11.1 Å². The molecule has 0 aliphatic carbocycles. The minimum atomic E-state index is -1.42. The van der Waals surface area contributed by atoms with Gasteiger partial charge in [-0.05, 0) is 53.7 Å². The van der Waals surface area contributed by atoms with Crippen molar-refractivity contribution in [3.05, 3.63) is 61.8 Å². The minimum absolute atomic E-state index is 0.106. The fraction of sp³-hybridized carbons (Fsp3) is 0.368. The summed E-state index contributed by atoms with van der Waals surface area (Å²) in [5, 5.41) is 27.2. The Morgan fingerprint density at radius 3 is 2.90 bits per heavy atom. The van der Waals surface area contributed by atoms with Gasteiger partial charge >= 0.3 is 0 Å². The summed E-state index contributed by atoms with van der Waals surface area (Å²) in [7, 11) is 0. The van der Waals surface area contributed by atoms with E-state index in [2.05, 4.69) is 26.0 Å². The lowest BCUT2D eigenvalue weighted by Crippen LogP contribution is -2.19. The minimum Gasteiger partial charge on any atom is -0.382 e. The zero-order valence-electron chi connectivity index (χ0n) is 15.5. The first-order valence-electron chi connectivity index (χ1n) is 9.14. The maximum absolute atomic E-state index is 14.7. The first-order chi connectivity index (χ1) is 13.9. The van der Waals surface area contributed by atoms with Gasteiger partial charge in [0.2, 0.25) is 0 Å². The molecule has 1 aliphatic rings. The summed E-state index contributed by atoms with van der Waals surface area (Å²) in [6, 6.07) is 2.62. The molecule has 0 saturated carbocycles. The number of aromatic nitrogens is 3. The number of benzene rings is 1. The van der Waals surface area contributed by atoms with Gasteiger partial charge in [-0.25, -0.2) is 14.1 Å². The van der Waals surface area contributed by atoms with Crippen LogP contribution < -0.4 is 0 Å². The Balaban J connectivity index is 1.85. The van der Waals surface area contributed by atoms with Crippen LogP contribution in [0.5, 0.6) is 0 Å². The van der Waals surface area contributed by atoms with E-state index in [1.807, 2.05) is 0 Å². The first kappa shape index (κ1) is 19.9. The van der Waals surface area contributed by atoms with Crippen LogP contribution in [-0.4, -0.2) is 31.4 Å². The van der Waals surface area contributed by atoms with E-state index in [9.17, 15) is 19.6 Å². The van der Waals surface area contributed by atoms with Gasteiger partial charge in [-0.1, -0.05) is 6.07 Å². The van der Waals surface area contributed by atoms with Crippen LogP contribution in [0.2, 0.25) is 0 Å². The molecule has 2 unspecified atom stereocenters. The number of aliphatic hydroxyl groups excluding tert-OH is 1. The van der Waals surface area contributed by atoms with Crippen molar-refractivity contribution in [2.75, 3.05) is 6.61 Å². The molecule has 1 aromatic carbocycles. The maximum Gasteiger partial charge on any atom is 0.297 e. The second-order valence-electron chi connectivity index (χ2n) is 6.93. The van der Waals surface area contributed by atoms with Crippen LogP contribution in [0.15, 0.2) is 29.0 Å². The monoisotopic (exact) mass is 464 g/mol. The highest BCUT2D eigenvalue weighted by molar-refractivity contribution is 9.10. The lowest BCUT2D eigenvalue weighted by atomic mass is 9.99. The largest absolute Gasteiger partial charge is 0.382 e. The van der Waals surface area contributed by atoms with E-state index < -0.39 is 16.8 Å². The van der Waals surface area contributed by atoms with Gasteiger partial charge in [-0.15, -0.1) is 0 Å². The third-order valence-corrected chi connectivity index (χ3v) is 5.98. The second-order valence-corrected chi connectivity index (χ2v) is 7.79. The molecule has 1 saturated heterocycles. The highest BCUT2D eigenvalue weighted by Gasteiger charge is 2.30. The first-order valence-corrected chi connectivity index (χ1v) is 9.94. The number of halogens is 2. The fourth-order valence-corrected chi connectivity index (χ4v) is 3.97. The lowest BCUT2D eigenvalue weighted by molar-refractivity contribution is -0.387. The van der Waals surface area contributed by atoms with Gasteiger partial charge in [0.25, 0.3) is 5.69 Å². The van der Waals surface area contributed by atoms with Crippen LogP contribution in [0, 0.1) is 22.9 Å². The number of fused-ring (bicyclic) bond motifs is 1. The Bertz CT molecular complexity index is 1100. The number of ether oxygens (including phenoxy) is 1. The Morgan fingerprint density at radius 2 is 2.21 bits per heavy atom. The summed E-state index contributed by atoms with van der Waals surface area (Å²) in [6.07, 6.45) is 3.65. The topological polar surface area (TPSA) is 103 Å². The molecule has 10 heteroatoms. The molecule has 29 heavy (non-hydrogen) atoms. The third kappa shape index (κ3) is 3.41. The Kier molecular flexibility index (Phi) is 5.32. The van der Waals surface area contributed by atoms with E-state index in [0.29, 0.717) is 34.0 Å². The van der Waals surface area contributed by atoms with E-state index in [4.69, 9.17) is 4.74 Å². The summed E-state index contributed by atoms with van der Waals surface area (Å²) < 4.78 is 22.3. The van der Waals surface area contributed by atoms with E-state index in [1.165, 1.54) is 29.2 Å². The quantitative estimate of drug-likeness (QED) is 0.455. The van der Waals surface area contributed by atoms with E-state index in [0.717, 1.165) is 12.8 Å². The SMILES string of the molecule is Cc1c(Br)cnc(C(O)c2ccc(F)c3c2cnn3C2CCCCO2)c1[N+](=O)[O-]. The summed E-state index contributed by atoms with van der Waals surface area (Å²) in [5.74, 6) is -0.503. The molecule has 1 aliphatic heterocycles. The summed E-state index contributed by atoms with van der Waals surface area (Å²) in [4.78, 5) is 15.1. The highest BCUT2D eigenvalue weighted by Crippen LogP contribution is 2.37. The standard InChI is InChI=1S/C19H18BrFN4O4/c1-10-13(20)9-22-16(17(10)25(27)28)19(26)11-5-6-14(21)18-12(11)8-23-24(18)15-4-2-3-7-29-15/h5-6,8-9,15,19,26H,2-4,7H2,1H3. The molecule has 3 aromatic rings. The van der Waals surface area contributed by atoms with Gasteiger partial charge in [0.1, 0.15) is 17.4 Å². The number of hydrogen-bond acceptors (Lipinski definition) is 6. The molecule has 152 valence electrons. The smallest absolute Gasteiger partial charge is 0.297 e. The lowest BCUT2D eigenvalue weighted by Gasteiger charge is -2.23. The van der Waals surface area contributed by atoms with Crippen molar-refractivity contribution < 1.29 is 19.2 Å². The molecule has 0 bridgehead atoms. The van der Waals surface area contributed by atoms with Gasteiger partial charge in [-0.2, -0.15) is 5.10 Å². The molecule has 4 rings (SSSR count). The number of pyridine rings is 1. The molecule has 0 radical (unpaired) electrons. The summed E-state index contributed by atoms with van der Waals surface area (Å²) >= 11 is 3.23. The van der Waals surface area contributed by atoms with Crippen molar-refractivity contribution in [1.82, 2.24) is 14.8 Å². The molecule has 1 fully saturated rings. The molecule has 3 heterocycles. The number of nitro groups is 1. The van der Waals surface area contributed by atoms with Crippen molar-refractivity contribution in [3.63, 3.8) is 0 Å². The molecule has 2 aromatic heterocycles. The average Bonchev–Trinajstić information content (AvgIpc) is 3.16. The highest BCUT2D eigenvalue weighted by atomic mass is 79.9. The summed E-state index contributed by atoms with van der Waals surface area (Å²) in [6.45, 7) is 2.14. The Hall–Kier alpha value is -2.43. The second kappa shape index (κ2) is 7.77. The summed E-state index contributed by atoms with van der Waals surface area (Å²) in [5.41, 5.74) is 0.451. The van der Waals surface area contributed by atoms with Crippen LogP contribution in [-0.2, 0) is 4.74 Å². The average molecular weight is 465 g/mol. The number of nitrogens with zero attached hydrogens (tertiary/aromatic N) is 4. The normalized spacial score (nSPS) is 18.1.